The Kier molecular flexibility index (Phi) is 5.83. The highest BCUT2D eigenvalue weighted by atomic mass is 32.2. The van der Waals surface area contributed by atoms with Gasteiger partial charge in [-0.15, -0.1) is 0 Å². The van der Waals surface area contributed by atoms with E-state index in [-0.39, 0.29) is 21.8 Å². The van der Waals surface area contributed by atoms with E-state index in [0.717, 1.165) is 0 Å². The van der Waals surface area contributed by atoms with Crippen LogP contribution in [0.1, 0.15) is 20.7 Å². The molecular formula is C17H17NO7S. The predicted molar refractivity (Wildman–Crippen MR) is 92.0 cm³/mol. The van der Waals surface area contributed by atoms with Crippen LogP contribution >= 0.6 is 0 Å². The van der Waals surface area contributed by atoms with Crippen LogP contribution in [0.15, 0.2) is 47.4 Å². The molecule has 1 N–H and O–H groups in total. The topological polar surface area (TPSA) is 108 Å². The summed E-state index contributed by atoms with van der Waals surface area (Å²) in [5, 5.41) is 0. The second-order valence-electron chi connectivity index (χ2n) is 5.02. The quantitative estimate of drug-likeness (QED) is 0.760. The first-order chi connectivity index (χ1) is 12.3. The average Bonchev–Trinajstić information content (AvgIpc) is 2.66. The van der Waals surface area contributed by atoms with Crippen molar-refractivity contribution >= 4 is 21.9 Å². The Morgan fingerprint density at radius 3 is 2.04 bits per heavy atom. The molecule has 0 atom stereocenters. The van der Waals surface area contributed by atoms with Crippen molar-refractivity contribution in [3.8, 4) is 11.5 Å². The van der Waals surface area contributed by atoms with Crippen LogP contribution in [0, 0.1) is 0 Å². The van der Waals surface area contributed by atoms with Gasteiger partial charge in [0.2, 0.25) is 0 Å². The average molecular weight is 379 g/mol. The number of methoxy groups -OCH3 is 3. The lowest BCUT2D eigenvalue weighted by atomic mass is 10.1. The molecule has 0 aliphatic heterocycles. The third-order valence-corrected chi connectivity index (χ3v) is 4.81. The Labute approximate surface area is 150 Å². The van der Waals surface area contributed by atoms with Gasteiger partial charge in [0.15, 0.2) is 0 Å². The highest BCUT2D eigenvalue weighted by Gasteiger charge is 2.24. The van der Waals surface area contributed by atoms with E-state index in [1.165, 1.54) is 63.8 Å². The number of rotatable bonds is 6. The highest BCUT2D eigenvalue weighted by molar-refractivity contribution is 7.90. The number of benzene rings is 2. The number of sulfonamides is 1. The summed E-state index contributed by atoms with van der Waals surface area (Å²) in [6.07, 6.45) is 0. The van der Waals surface area contributed by atoms with Gasteiger partial charge in [0, 0.05) is 11.6 Å². The zero-order valence-electron chi connectivity index (χ0n) is 14.3. The van der Waals surface area contributed by atoms with Crippen molar-refractivity contribution in [2.45, 2.75) is 4.90 Å². The van der Waals surface area contributed by atoms with Crippen LogP contribution in [0.5, 0.6) is 11.5 Å². The summed E-state index contributed by atoms with van der Waals surface area (Å²) >= 11 is 0. The van der Waals surface area contributed by atoms with Crippen molar-refractivity contribution in [1.82, 2.24) is 4.72 Å². The van der Waals surface area contributed by atoms with Gasteiger partial charge in [0.25, 0.3) is 15.9 Å². The predicted octanol–water partition coefficient (Wildman–Crippen LogP) is 1.61. The summed E-state index contributed by atoms with van der Waals surface area (Å²) in [6, 6.07) is 9.56. The first kappa shape index (κ1) is 19.3. The van der Waals surface area contributed by atoms with Gasteiger partial charge < -0.3 is 14.2 Å². The SMILES string of the molecule is COC(=O)c1ccc(C(=O)NS(=O)(=O)c2cc(OC)ccc2OC)cc1. The fraction of sp³-hybridized carbons (Fsp3) is 0.176. The number of nitrogens with one attached hydrogen (secondary N) is 1. The summed E-state index contributed by atoms with van der Waals surface area (Å²) in [5.41, 5.74) is 0.296. The Hall–Kier alpha value is -3.07. The van der Waals surface area contributed by atoms with Gasteiger partial charge in [0.1, 0.15) is 16.4 Å². The summed E-state index contributed by atoms with van der Waals surface area (Å²) in [6.45, 7) is 0. The second kappa shape index (κ2) is 7.87. The molecule has 1 amide bonds. The van der Waals surface area contributed by atoms with Gasteiger partial charge in [0.05, 0.1) is 26.9 Å². The molecule has 0 saturated heterocycles. The Morgan fingerprint density at radius 1 is 0.885 bits per heavy atom. The lowest BCUT2D eigenvalue weighted by molar-refractivity contribution is 0.0600. The molecule has 0 spiro atoms. The van der Waals surface area contributed by atoms with E-state index >= 15 is 0 Å². The van der Waals surface area contributed by atoms with E-state index in [4.69, 9.17) is 9.47 Å². The van der Waals surface area contributed by atoms with Gasteiger partial charge in [-0.3, -0.25) is 4.79 Å². The lowest BCUT2D eigenvalue weighted by Crippen LogP contribution is -2.30. The molecule has 0 fully saturated rings. The minimum absolute atomic E-state index is 0.0584. The van der Waals surface area contributed by atoms with Crippen molar-refractivity contribution < 1.29 is 32.2 Å². The summed E-state index contributed by atoms with van der Waals surface area (Å²) in [7, 11) is -0.275. The fourth-order valence-electron chi connectivity index (χ4n) is 2.11. The highest BCUT2D eigenvalue weighted by Crippen LogP contribution is 2.28. The summed E-state index contributed by atoms with van der Waals surface area (Å²) in [4.78, 5) is 23.4. The first-order valence-electron chi connectivity index (χ1n) is 7.30. The number of hydrogen-bond donors (Lipinski definition) is 1. The Morgan fingerprint density at radius 2 is 1.50 bits per heavy atom. The molecule has 8 nitrogen and oxygen atoms in total. The minimum Gasteiger partial charge on any atom is -0.497 e. The normalized spacial score (nSPS) is 10.7. The van der Waals surface area contributed by atoms with Gasteiger partial charge in [-0.25, -0.2) is 17.9 Å². The number of esters is 1. The summed E-state index contributed by atoms with van der Waals surface area (Å²) in [5.74, 6) is -1.06. The van der Waals surface area contributed by atoms with E-state index in [2.05, 4.69) is 4.74 Å². The standard InChI is InChI=1S/C17H17NO7S/c1-23-13-8-9-14(24-2)15(10-13)26(21,22)18-16(19)11-4-6-12(7-5-11)17(20)25-3/h4-10H,1-3H3,(H,18,19). The minimum atomic E-state index is -4.21. The van der Waals surface area contributed by atoms with Crippen LogP contribution in [0.4, 0.5) is 0 Å². The molecule has 2 aromatic carbocycles. The van der Waals surface area contributed by atoms with E-state index < -0.39 is 21.9 Å². The lowest BCUT2D eigenvalue weighted by Gasteiger charge is -2.12. The molecule has 0 heterocycles. The first-order valence-corrected chi connectivity index (χ1v) is 8.78. The number of carbonyl (C=O) groups excluding carboxylic acids is 2. The second-order valence-corrected chi connectivity index (χ2v) is 6.67. The molecule has 9 heteroatoms. The molecule has 0 saturated carbocycles. The molecule has 0 unspecified atom stereocenters. The van der Waals surface area contributed by atoms with Crippen molar-refractivity contribution in [3.63, 3.8) is 0 Å². The van der Waals surface area contributed by atoms with Gasteiger partial charge in [-0.1, -0.05) is 0 Å². The molecule has 0 aliphatic carbocycles. The molecule has 0 aromatic heterocycles. The van der Waals surface area contributed by atoms with E-state index in [1.54, 1.807) is 0 Å². The molecule has 2 rings (SSSR count). The fourth-order valence-corrected chi connectivity index (χ4v) is 3.26. The van der Waals surface area contributed by atoms with E-state index in [9.17, 15) is 18.0 Å². The van der Waals surface area contributed by atoms with Crippen LogP contribution in [0.25, 0.3) is 0 Å². The van der Waals surface area contributed by atoms with E-state index in [1.807, 2.05) is 4.72 Å². The smallest absolute Gasteiger partial charge is 0.337 e. The van der Waals surface area contributed by atoms with Crippen LogP contribution in [0.2, 0.25) is 0 Å². The maximum atomic E-state index is 12.5. The van der Waals surface area contributed by atoms with Crippen molar-refractivity contribution in [2.24, 2.45) is 0 Å². The number of hydrogen-bond acceptors (Lipinski definition) is 7. The monoisotopic (exact) mass is 379 g/mol. The molecule has 0 bridgehead atoms. The number of ether oxygens (including phenoxy) is 3. The number of carbonyl (C=O) groups is 2. The van der Waals surface area contributed by atoms with E-state index in [0.29, 0.717) is 5.75 Å². The Balaban J connectivity index is 2.29. The molecular weight excluding hydrogens is 362 g/mol. The molecule has 26 heavy (non-hydrogen) atoms. The zero-order chi connectivity index (χ0) is 19.3. The van der Waals surface area contributed by atoms with Crippen LogP contribution in [-0.4, -0.2) is 41.6 Å². The van der Waals surface area contributed by atoms with Crippen LogP contribution < -0.4 is 14.2 Å². The van der Waals surface area contributed by atoms with Crippen molar-refractivity contribution in [3.05, 3.63) is 53.6 Å². The maximum absolute atomic E-state index is 12.5. The number of amides is 1. The maximum Gasteiger partial charge on any atom is 0.337 e. The van der Waals surface area contributed by atoms with Crippen molar-refractivity contribution in [2.75, 3.05) is 21.3 Å². The van der Waals surface area contributed by atoms with Crippen LogP contribution in [0.3, 0.4) is 0 Å². The Bertz CT molecular complexity index is 921. The summed E-state index contributed by atoms with van der Waals surface area (Å²) < 4.78 is 41.7. The largest absolute Gasteiger partial charge is 0.497 e. The molecule has 0 aliphatic rings. The van der Waals surface area contributed by atoms with Crippen molar-refractivity contribution in [1.29, 1.82) is 0 Å². The molecule has 138 valence electrons. The van der Waals surface area contributed by atoms with Crippen LogP contribution in [-0.2, 0) is 14.8 Å². The molecule has 0 radical (unpaired) electrons. The van der Waals surface area contributed by atoms with Gasteiger partial charge >= 0.3 is 5.97 Å². The third-order valence-electron chi connectivity index (χ3n) is 3.46. The zero-order valence-corrected chi connectivity index (χ0v) is 15.1. The molecule has 2 aromatic rings. The third kappa shape index (κ3) is 4.12. The van der Waals surface area contributed by atoms with Gasteiger partial charge in [-0.2, -0.15) is 0 Å². The van der Waals surface area contributed by atoms with Gasteiger partial charge in [-0.05, 0) is 36.4 Å².